The summed E-state index contributed by atoms with van der Waals surface area (Å²) >= 11 is 3.69. The highest BCUT2D eigenvalue weighted by Gasteiger charge is 2.23. The molecule has 2 heterocycles. The maximum atomic E-state index is 3.67. The van der Waals surface area contributed by atoms with Gasteiger partial charge in [0.1, 0.15) is 0 Å². The van der Waals surface area contributed by atoms with Gasteiger partial charge in [-0.2, -0.15) is 0 Å². The molecule has 2 aromatic heterocycles. The Balaban J connectivity index is 1.57. The first-order valence-electron chi connectivity index (χ1n) is 6.67. The predicted octanol–water partition coefficient (Wildman–Crippen LogP) is 4.75. The quantitative estimate of drug-likeness (QED) is 0.831. The predicted molar refractivity (Wildman–Crippen MR) is 81.3 cm³/mol. The van der Waals surface area contributed by atoms with Crippen LogP contribution in [0.25, 0.3) is 10.4 Å². The van der Waals surface area contributed by atoms with Crippen molar-refractivity contribution < 1.29 is 0 Å². The van der Waals surface area contributed by atoms with E-state index in [-0.39, 0.29) is 0 Å². The van der Waals surface area contributed by atoms with E-state index in [2.05, 4.69) is 41.2 Å². The van der Waals surface area contributed by atoms with E-state index in [1.165, 1.54) is 34.6 Å². The molecule has 2 aromatic rings. The molecule has 0 spiro atoms. The normalized spacial score (nSPS) is 17.6. The second-order valence-corrected chi connectivity index (χ2v) is 7.08. The Kier molecular flexibility index (Phi) is 3.83. The van der Waals surface area contributed by atoms with Crippen molar-refractivity contribution in [1.29, 1.82) is 0 Å². The summed E-state index contributed by atoms with van der Waals surface area (Å²) in [5.74, 6) is 0.918. The van der Waals surface area contributed by atoms with Gasteiger partial charge in [-0.3, -0.25) is 0 Å². The number of rotatable bonds is 5. The maximum Gasteiger partial charge on any atom is 0.0351 e. The molecule has 1 aliphatic rings. The lowest BCUT2D eigenvalue weighted by atomic mass is 9.80. The third-order valence-corrected chi connectivity index (χ3v) is 5.77. The highest BCUT2D eigenvalue weighted by atomic mass is 32.1. The third kappa shape index (κ3) is 2.68. The molecule has 1 unspecified atom stereocenters. The monoisotopic (exact) mass is 277 g/mol. The Morgan fingerprint density at radius 2 is 2.28 bits per heavy atom. The van der Waals surface area contributed by atoms with Crippen molar-refractivity contribution in [3.05, 3.63) is 33.8 Å². The SMILES string of the molecule is CC(NCc1cc(-c2cccs2)cs1)C1CCC1. The highest BCUT2D eigenvalue weighted by Crippen LogP contribution is 2.31. The van der Waals surface area contributed by atoms with Crippen molar-refractivity contribution in [3.63, 3.8) is 0 Å². The fourth-order valence-electron chi connectivity index (χ4n) is 2.41. The van der Waals surface area contributed by atoms with Crippen LogP contribution in [0.4, 0.5) is 0 Å². The summed E-state index contributed by atoms with van der Waals surface area (Å²) in [6, 6.07) is 7.32. The van der Waals surface area contributed by atoms with Crippen LogP contribution in [0.15, 0.2) is 29.0 Å². The molecule has 1 N–H and O–H groups in total. The molecule has 3 heteroatoms. The van der Waals surface area contributed by atoms with Crippen LogP contribution in [-0.4, -0.2) is 6.04 Å². The van der Waals surface area contributed by atoms with E-state index in [4.69, 9.17) is 0 Å². The minimum Gasteiger partial charge on any atom is -0.309 e. The maximum absolute atomic E-state index is 3.67. The summed E-state index contributed by atoms with van der Waals surface area (Å²) in [7, 11) is 0. The van der Waals surface area contributed by atoms with E-state index < -0.39 is 0 Å². The Morgan fingerprint density at radius 3 is 2.94 bits per heavy atom. The summed E-state index contributed by atoms with van der Waals surface area (Å²) in [6.07, 6.45) is 4.26. The van der Waals surface area contributed by atoms with Gasteiger partial charge in [0.15, 0.2) is 0 Å². The second kappa shape index (κ2) is 5.55. The minimum atomic E-state index is 0.672. The molecule has 3 rings (SSSR count). The van der Waals surface area contributed by atoms with Crippen LogP contribution in [-0.2, 0) is 6.54 Å². The van der Waals surface area contributed by atoms with Gasteiger partial charge in [-0.05, 0) is 48.6 Å². The number of hydrogen-bond donors (Lipinski definition) is 1. The lowest BCUT2D eigenvalue weighted by Gasteiger charge is -2.31. The van der Waals surface area contributed by atoms with Gasteiger partial charge in [0.25, 0.3) is 0 Å². The van der Waals surface area contributed by atoms with Gasteiger partial charge in [0.2, 0.25) is 0 Å². The summed E-state index contributed by atoms with van der Waals surface area (Å²) in [4.78, 5) is 2.83. The molecule has 0 aromatic carbocycles. The fourth-order valence-corrected chi connectivity index (χ4v) is 4.04. The first kappa shape index (κ1) is 12.4. The standard InChI is InChI=1S/C15H19NS2/c1-11(12-4-2-5-12)16-9-14-8-13(10-18-14)15-6-3-7-17-15/h3,6-8,10-12,16H,2,4-5,9H2,1H3. The Hall–Kier alpha value is -0.640. The average molecular weight is 277 g/mol. The minimum absolute atomic E-state index is 0.672. The van der Waals surface area contributed by atoms with Gasteiger partial charge < -0.3 is 5.32 Å². The number of thiophene rings is 2. The zero-order valence-electron chi connectivity index (χ0n) is 10.7. The molecule has 1 saturated carbocycles. The van der Waals surface area contributed by atoms with E-state index in [1.54, 1.807) is 0 Å². The van der Waals surface area contributed by atoms with Crippen molar-refractivity contribution in [2.75, 3.05) is 0 Å². The third-order valence-electron chi connectivity index (χ3n) is 3.91. The molecular weight excluding hydrogens is 258 g/mol. The van der Waals surface area contributed by atoms with Crippen LogP contribution in [0.5, 0.6) is 0 Å². The van der Waals surface area contributed by atoms with Gasteiger partial charge in [-0.1, -0.05) is 12.5 Å². The lowest BCUT2D eigenvalue weighted by Crippen LogP contribution is -2.36. The molecule has 1 aliphatic carbocycles. The molecule has 96 valence electrons. The van der Waals surface area contributed by atoms with E-state index >= 15 is 0 Å². The number of hydrogen-bond acceptors (Lipinski definition) is 3. The van der Waals surface area contributed by atoms with Crippen molar-refractivity contribution in [2.45, 2.75) is 38.8 Å². The fraction of sp³-hybridized carbons (Fsp3) is 0.467. The first-order chi connectivity index (χ1) is 8.83. The van der Waals surface area contributed by atoms with E-state index in [1.807, 2.05) is 22.7 Å². The van der Waals surface area contributed by atoms with Gasteiger partial charge >= 0.3 is 0 Å². The largest absolute Gasteiger partial charge is 0.309 e. The smallest absolute Gasteiger partial charge is 0.0351 e. The van der Waals surface area contributed by atoms with Crippen LogP contribution >= 0.6 is 22.7 Å². The lowest BCUT2D eigenvalue weighted by molar-refractivity contribution is 0.240. The Bertz CT molecular complexity index is 482. The van der Waals surface area contributed by atoms with Crippen LogP contribution in [0.3, 0.4) is 0 Å². The molecular formula is C15H19NS2. The summed E-state index contributed by atoms with van der Waals surface area (Å²) in [5.41, 5.74) is 1.38. The molecule has 0 radical (unpaired) electrons. The molecule has 0 saturated heterocycles. The second-order valence-electron chi connectivity index (χ2n) is 5.14. The van der Waals surface area contributed by atoms with E-state index in [0.29, 0.717) is 6.04 Å². The van der Waals surface area contributed by atoms with Gasteiger partial charge in [0.05, 0.1) is 0 Å². The molecule has 0 amide bonds. The van der Waals surface area contributed by atoms with Crippen molar-refractivity contribution in [3.8, 4) is 10.4 Å². The van der Waals surface area contributed by atoms with E-state index in [9.17, 15) is 0 Å². The van der Waals surface area contributed by atoms with Gasteiger partial charge in [-0.25, -0.2) is 0 Å². The Morgan fingerprint density at radius 1 is 1.39 bits per heavy atom. The average Bonchev–Trinajstić information content (AvgIpc) is 2.94. The van der Waals surface area contributed by atoms with Gasteiger partial charge in [0, 0.05) is 27.9 Å². The topological polar surface area (TPSA) is 12.0 Å². The van der Waals surface area contributed by atoms with Crippen LogP contribution in [0.1, 0.15) is 31.1 Å². The molecule has 1 nitrogen and oxygen atoms in total. The summed E-state index contributed by atoms with van der Waals surface area (Å²) < 4.78 is 0. The molecule has 1 fully saturated rings. The van der Waals surface area contributed by atoms with Crippen molar-refractivity contribution >= 4 is 22.7 Å². The molecule has 18 heavy (non-hydrogen) atoms. The van der Waals surface area contributed by atoms with E-state index in [0.717, 1.165) is 12.5 Å². The molecule has 0 aliphatic heterocycles. The van der Waals surface area contributed by atoms with Crippen molar-refractivity contribution in [1.82, 2.24) is 5.32 Å². The number of nitrogens with one attached hydrogen (secondary N) is 1. The van der Waals surface area contributed by atoms with Crippen LogP contribution < -0.4 is 5.32 Å². The highest BCUT2D eigenvalue weighted by molar-refractivity contribution is 7.14. The van der Waals surface area contributed by atoms with Crippen LogP contribution in [0, 0.1) is 5.92 Å². The zero-order valence-corrected chi connectivity index (χ0v) is 12.3. The molecule has 1 atom stereocenters. The summed E-state index contributed by atoms with van der Waals surface area (Å²) in [6.45, 7) is 3.35. The summed E-state index contributed by atoms with van der Waals surface area (Å²) in [5, 5.41) is 8.09. The van der Waals surface area contributed by atoms with Crippen LogP contribution in [0.2, 0.25) is 0 Å². The Labute approximate surface area is 117 Å². The molecule has 0 bridgehead atoms. The van der Waals surface area contributed by atoms with Crippen molar-refractivity contribution in [2.24, 2.45) is 5.92 Å². The van der Waals surface area contributed by atoms with Gasteiger partial charge in [-0.15, -0.1) is 22.7 Å². The first-order valence-corrected chi connectivity index (χ1v) is 8.43. The zero-order chi connectivity index (χ0) is 12.4.